The lowest BCUT2D eigenvalue weighted by atomic mass is 10.1. The normalized spacial score (nSPS) is 10.6. The molecule has 0 aliphatic heterocycles. The van der Waals surface area contributed by atoms with Crippen LogP contribution < -0.4 is 15.4 Å². The quantitative estimate of drug-likeness (QED) is 0.795. The SMILES string of the molecule is COc1nc2ccc(C)cc2cc1CNCCNC(C)=O. The molecule has 1 amide bonds. The Bertz CT molecular complexity index is 641. The van der Waals surface area contributed by atoms with E-state index in [1.54, 1.807) is 7.11 Å². The zero-order valence-corrected chi connectivity index (χ0v) is 12.7. The Labute approximate surface area is 124 Å². The van der Waals surface area contributed by atoms with Crippen molar-refractivity contribution in [2.45, 2.75) is 20.4 Å². The van der Waals surface area contributed by atoms with E-state index in [4.69, 9.17) is 4.74 Å². The number of fused-ring (bicyclic) bond motifs is 1. The Balaban J connectivity index is 2.08. The summed E-state index contributed by atoms with van der Waals surface area (Å²) in [6.07, 6.45) is 0. The summed E-state index contributed by atoms with van der Waals surface area (Å²) in [5, 5.41) is 7.13. The molecule has 2 N–H and O–H groups in total. The number of rotatable bonds is 6. The fraction of sp³-hybridized carbons (Fsp3) is 0.375. The molecule has 1 heterocycles. The number of carbonyl (C=O) groups excluding carboxylic acids is 1. The van der Waals surface area contributed by atoms with Gasteiger partial charge < -0.3 is 15.4 Å². The fourth-order valence-corrected chi connectivity index (χ4v) is 2.18. The van der Waals surface area contributed by atoms with Crippen LogP contribution in [0.3, 0.4) is 0 Å². The summed E-state index contributed by atoms with van der Waals surface area (Å²) in [6, 6.07) is 8.25. The van der Waals surface area contributed by atoms with E-state index >= 15 is 0 Å². The van der Waals surface area contributed by atoms with Crippen LogP contribution in [0.1, 0.15) is 18.1 Å². The van der Waals surface area contributed by atoms with Gasteiger partial charge in [-0.05, 0) is 25.1 Å². The molecule has 5 nitrogen and oxygen atoms in total. The molecule has 0 aliphatic rings. The van der Waals surface area contributed by atoms with Gasteiger partial charge in [0.1, 0.15) is 0 Å². The van der Waals surface area contributed by atoms with E-state index in [-0.39, 0.29) is 5.91 Å². The highest BCUT2D eigenvalue weighted by atomic mass is 16.5. The third-order valence-corrected chi connectivity index (χ3v) is 3.19. The van der Waals surface area contributed by atoms with E-state index in [1.165, 1.54) is 12.5 Å². The van der Waals surface area contributed by atoms with Crippen molar-refractivity contribution in [1.82, 2.24) is 15.6 Å². The lowest BCUT2D eigenvalue weighted by Crippen LogP contribution is -2.30. The van der Waals surface area contributed by atoms with E-state index in [0.717, 1.165) is 16.5 Å². The number of hydrogen-bond donors (Lipinski definition) is 2. The van der Waals surface area contributed by atoms with Crippen LogP contribution in [-0.4, -0.2) is 31.1 Å². The first-order valence-corrected chi connectivity index (χ1v) is 6.99. The van der Waals surface area contributed by atoms with Crippen LogP contribution >= 0.6 is 0 Å². The highest BCUT2D eigenvalue weighted by molar-refractivity contribution is 5.80. The van der Waals surface area contributed by atoms with Crippen LogP contribution in [0.5, 0.6) is 5.88 Å². The van der Waals surface area contributed by atoms with E-state index < -0.39 is 0 Å². The average Bonchev–Trinajstić information content (AvgIpc) is 2.45. The van der Waals surface area contributed by atoms with Crippen LogP contribution in [0.4, 0.5) is 0 Å². The smallest absolute Gasteiger partial charge is 0.218 e. The molecule has 0 saturated carbocycles. The number of pyridine rings is 1. The second-order valence-electron chi connectivity index (χ2n) is 5.01. The predicted molar refractivity (Wildman–Crippen MR) is 83.4 cm³/mol. The van der Waals surface area contributed by atoms with Crippen molar-refractivity contribution < 1.29 is 9.53 Å². The Morgan fingerprint density at radius 1 is 1.29 bits per heavy atom. The minimum Gasteiger partial charge on any atom is -0.481 e. The number of hydrogen-bond acceptors (Lipinski definition) is 4. The summed E-state index contributed by atoms with van der Waals surface area (Å²) < 4.78 is 5.36. The first-order chi connectivity index (χ1) is 10.1. The number of carbonyl (C=O) groups is 1. The van der Waals surface area contributed by atoms with Gasteiger partial charge in [0.15, 0.2) is 0 Å². The van der Waals surface area contributed by atoms with Crippen LogP contribution in [0.2, 0.25) is 0 Å². The number of methoxy groups -OCH3 is 1. The van der Waals surface area contributed by atoms with Crippen molar-refractivity contribution in [3.63, 3.8) is 0 Å². The summed E-state index contributed by atoms with van der Waals surface area (Å²) in [4.78, 5) is 15.3. The molecule has 0 unspecified atom stereocenters. The van der Waals surface area contributed by atoms with E-state index in [9.17, 15) is 4.79 Å². The Hall–Kier alpha value is -2.14. The minimum atomic E-state index is -0.0165. The van der Waals surface area contributed by atoms with Crippen LogP contribution in [0, 0.1) is 6.92 Å². The summed E-state index contributed by atoms with van der Waals surface area (Å²) in [7, 11) is 1.63. The van der Waals surface area contributed by atoms with Gasteiger partial charge >= 0.3 is 0 Å². The number of amides is 1. The van der Waals surface area contributed by atoms with Crippen molar-refractivity contribution in [1.29, 1.82) is 0 Å². The van der Waals surface area contributed by atoms with Gasteiger partial charge in [0.2, 0.25) is 11.8 Å². The van der Waals surface area contributed by atoms with Gasteiger partial charge in [-0.15, -0.1) is 0 Å². The molecule has 0 aliphatic carbocycles. The lowest BCUT2D eigenvalue weighted by Gasteiger charge is -2.11. The first-order valence-electron chi connectivity index (χ1n) is 6.99. The molecule has 0 atom stereocenters. The van der Waals surface area contributed by atoms with Gasteiger partial charge in [-0.25, -0.2) is 4.98 Å². The van der Waals surface area contributed by atoms with Gasteiger partial charge in [-0.2, -0.15) is 0 Å². The standard InChI is InChI=1S/C16H21N3O2/c1-11-4-5-15-13(8-11)9-14(16(19-15)21-3)10-17-6-7-18-12(2)20/h4-5,8-9,17H,6-7,10H2,1-3H3,(H,18,20). The summed E-state index contributed by atoms with van der Waals surface area (Å²) >= 11 is 0. The molecule has 0 spiro atoms. The summed E-state index contributed by atoms with van der Waals surface area (Å²) in [6.45, 7) is 5.54. The second kappa shape index (κ2) is 7.04. The topological polar surface area (TPSA) is 63.2 Å². The molecular formula is C16H21N3O2. The van der Waals surface area contributed by atoms with Crippen molar-refractivity contribution >= 4 is 16.8 Å². The predicted octanol–water partition coefficient (Wildman–Crippen LogP) is 1.78. The fourth-order valence-electron chi connectivity index (χ4n) is 2.18. The molecule has 2 rings (SSSR count). The van der Waals surface area contributed by atoms with Gasteiger partial charge in [-0.1, -0.05) is 11.6 Å². The van der Waals surface area contributed by atoms with Crippen LogP contribution in [-0.2, 0) is 11.3 Å². The molecular weight excluding hydrogens is 266 g/mol. The molecule has 1 aromatic carbocycles. The van der Waals surface area contributed by atoms with Crippen LogP contribution in [0.25, 0.3) is 10.9 Å². The number of nitrogens with zero attached hydrogens (tertiary/aromatic N) is 1. The Kier molecular flexibility index (Phi) is 5.11. The number of aryl methyl sites for hydroxylation is 1. The maximum Gasteiger partial charge on any atom is 0.218 e. The number of aromatic nitrogens is 1. The van der Waals surface area contributed by atoms with Gasteiger partial charge in [0.25, 0.3) is 0 Å². The molecule has 5 heteroatoms. The molecule has 1 aromatic heterocycles. The number of nitrogens with one attached hydrogen (secondary N) is 2. The maximum absolute atomic E-state index is 10.8. The zero-order chi connectivity index (χ0) is 15.2. The molecule has 0 fully saturated rings. The van der Waals surface area contributed by atoms with Crippen LogP contribution in [0.15, 0.2) is 24.3 Å². The van der Waals surface area contributed by atoms with Gasteiger partial charge in [0, 0.05) is 37.5 Å². The maximum atomic E-state index is 10.8. The highest BCUT2D eigenvalue weighted by Crippen LogP contribution is 2.22. The van der Waals surface area contributed by atoms with Crippen molar-refractivity contribution in [2.24, 2.45) is 0 Å². The average molecular weight is 287 g/mol. The third-order valence-electron chi connectivity index (χ3n) is 3.19. The minimum absolute atomic E-state index is 0.0165. The number of ether oxygens (including phenoxy) is 1. The monoisotopic (exact) mass is 287 g/mol. The largest absolute Gasteiger partial charge is 0.481 e. The third kappa shape index (κ3) is 4.16. The van der Waals surface area contributed by atoms with E-state index in [0.29, 0.717) is 25.5 Å². The highest BCUT2D eigenvalue weighted by Gasteiger charge is 2.07. The molecule has 2 aromatic rings. The van der Waals surface area contributed by atoms with E-state index in [2.05, 4.69) is 34.7 Å². The molecule has 0 radical (unpaired) electrons. The summed E-state index contributed by atoms with van der Waals surface area (Å²) in [5.74, 6) is 0.621. The van der Waals surface area contributed by atoms with Gasteiger partial charge in [-0.3, -0.25) is 4.79 Å². The van der Waals surface area contributed by atoms with E-state index in [1.807, 2.05) is 12.1 Å². The Morgan fingerprint density at radius 2 is 2.10 bits per heavy atom. The van der Waals surface area contributed by atoms with Gasteiger partial charge in [0.05, 0.1) is 12.6 Å². The summed E-state index contributed by atoms with van der Waals surface area (Å²) in [5.41, 5.74) is 3.15. The molecule has 0 saturated heterocycles. The number of benzene rings is 1. The molecule has 21 heavy (non-hydrogen) atoms. The van der Waals surface area contributed by atoms with Crippen molar-refractivity contribution in [3.8, 4) is 5.88 Å². The van der Waals surface area contributed by atoms with Crippen molar-refractivity contribution in [2.75, 3.05) is 20.2 Å². The second-order valence-corrected chi connectivity index (χ2v) is 5.01. The molecule has 0 bridgehead atoms. The zero-order valence-electron chi connectivity index (χ0n) is 12.7. The molecule has 112 valence electrons. The first kappa shape index (κ1) is 15.3. The lowest BCUT2D eigenvalue weighted by molar-refractivity contribution is -0.118. The Morgan fingerprint density at radius 3 is 2.81 bits per heavy atom. The van der Waals surface area contributed by atoms with Crippen molar-refractivity contribution in [3.05, 3.63) is 35.4 Å².